The Balaban J connectivity index is 1.11. The number of nitrogens with two attached hydrogens (primary N) is 1. The minimum atomic E-state index is -0.798. The Kier molecular flexibility index (Phi) is 11.0. The van der Waals surface area contributed by atoms with Crippen LogP contribution >= 0.6 is 21.6 Å². The fraction of sp³-hybridized carbons (Fsp3) is 0.268. The summed E-state index contributed by atoms with van der Waals surface area (Å²) in [6.45, 7) is 7.87. The summed E-state index contributed by atoms with van der Waals surface area (Å²) < 4.78 is 5.78. The van der Waals surface area contributed by atoms with E-state index in [1.165, 1.54) is 11.1 Å². The van der Waals surface area contributed by atoms with Gasteiger partial charge in [0.05, 0.1) is 6.04 Å². The molecule has 2 amide bonds. The summed E-state index contributed by atoms with van der Waals surface area (Å²) >= 11 is 0. The van der Waals surface area contributed by atoms with Crippen LogP contribution in [0, 0.1) is 0 Å². The molecule has 252 valence electrons. The first kappa shape index (κ1) is 34.6. The molecule has 3 N–H and O–H groups in total. The Bertz CT molecular complexity index is 1890. The van der Waals surface area contributed by atoms with Crippen LogP contribution in [0.25, 0.3) is 21.9 Å². The van der Waals surface area contributed by atoms with Crippen molar-refractivity contribution in [3.05, 3.63) is 138 Å². The zero-order valence-electron chi connectivity index (χ0n) is 28.2. The van der Waals surface area contributed by atoms with Crippen LogP contribution in [0.5, 0.6) is 0 Å². The highest BCUT2D eigenvalue weighted by atomic mass is 33.1. The number of fused-ring (bicyclic) bond motifs is 4. The molecule has 0 unspecified atom stereocenters. The van der Waals surface area contributed by atoms with Gasteiger partial charge in [-0.15, -0.1) is 0 Å². The summed E-state index contributed by atoms with van der Waals surface area (Å²) in [5.74, 6) is -0.182. The zero-order valence-corrected chi connectivity index (χ0v) is 29.9. The van der Waals surface area contributed by atoms with Gasteiger partial charge in [0.25, 0.3) is 0 Å². The van der Waals surface area contributed by atoms with Crippen molar-refractivity contribution in [1.29, 1.82) is 0 Å². The van der Waals surface area contributed by atoms with Crippen molar-refractivity contribution in [2.75, 3.05) is 13.2 Å². The molecule has 49 heavy (non-hydrogen) atoms. The summed E-state index contributed by atoms with van der Waals surface area (Å²) in [6, 6.07) is 38.4. The smallest absolute Gasteiger partial charge is 0.407 e. The van der Waals surface area contributed by atoms with Gasteiger partial charge in [0.15, 0.2) is 0 Å². The number of ether oxygens (including phenoxy) is 1. The topological polar surface area (TPSA) is 84.7 Å². The minimum Gasteiger partial charge on any atom is -0.449 e. The standard InChI is InChI=1S/C41H43N3O3S2/c1-41(2,3)49-48-38-22-11-5-14-30(38)26-44(25-29-16-12-15-28-13-4-6-17-31(28)29)39(45)37(42)23-24-43-40(46)47-27-36-34-20-9-7-18-32(34)33-19-8-10-21-35(33)36/h4-22,36-37H,23-27,42H2,1-3H3,(H,43,46)/t37-/m1/s1. The van der Waals surface area contributed by atoms with E-state index in [1.807, 2.05) is 59.5 Å². The van der Waals surface area contributed by atoms with Crippen LogP contribution in [0.3, 0.4) is 0 Å². The summed E-state index contributed by atoms with van der Waals surface area (Å²) in [7, 11) is 3.54. The van der Waals surface area contributed by atoms with E-state index in [4.69, 9.17) is 10.5 Å². The number of amides is 2. The molecule has 8 heteroatoms. The third kappa shape index (κ3) is 8.50. The lowest BCUT2D eigenvalue weighted by atomic mass is 9.98. The quantitative estimate of drug-likeness (QED) is 0.127. The van der Waals surface area contributed by atoms with Crippen molar-refractivity contribution >= 4 is 44.4 Å². The number of carbonyl (C=O) groups excluding carboxylic acids is 2. The van der Waals surface area contributed by atoms with Crippen molar-refractivity contribution in [2.45, 2.75) is 61.9 Å². The van der Waals surface area contributed by atoms with Crippen molar-refractivity contribution in [1.82, 2.24) is 10.2 Å². The zero-order chi connectivity index (χ0) is 34.4. The number of rotatable bonds is 12. The van der Waals surface area contributed by atoms with E-state index in [2.05, 4.69) is 86.8 Å². The molecular weight excluding hydrogens is 647 g/mol. The lowest BCUT2D eigenvalue weighted by Crippen LogP contribution is -2.45. The highest BCUT2D eigenvalue weighted by molar-refractivity contribution is 8.77. The van der Waals surface area contributed by atoms with E-state index in [9.17, 15) is 9.59 Å². The molecule has 0 saturated heterocycles. The van der Waals surface area contributed by atoms with E-state index in [0.29, 0.717) is 13.1 Å². The van der Waals surface area contributed by atoms with Crippen molar-refractivity contribution in [3.63, 3.8) is 0 Å². The van der Waals surface area contributed by atoms with Gasteiger partial charge in [-0.3, -0.25) is 4.79 Å². The van der Waals surface area contributed by atoms with Gasteiger partial charge >= 0.3 is 6.09 Å². The largest absolute Gasteiger partial charge is 0.449 e. The summed E-state index contributed by atoms with van der Waals surface area (Å²) in [4.78, 5) is 29.9. The molecule has 1 aliphatic rings. The average molecular weight is 690 g/mol. The number of nitrogens with one attached hydrogen (secondary N) is 1. The fourth-order valence-corrected chi connectivity index (χ4v) is 8.50. The summed E-state index contributed by atoms with van der Waals surface area (Å²) in [5, 5.41) is 5.06. The molecule has 5 aromatic carbocycles. The molecule has 0 radical (unpaired) electrons. The average Bonchev–Trinajstić information content (AvgIpc) is 3.43. The van der Waals surface area contributed by atoms with Gasteiger partial charge in [-0.1, -0.05) is 152 Å². The van der Waals surface area contributed by atoms with E-state index < -0.39 is 12.1 Å². The van der Waals surface area contributed by atoms with Gasteiger partial charge in [0.1, 0.15) is 6.61 Å². The van der Waals surface area contributed by atoms with Crippen LogP contribution in [0.4, 0.5) is 4.79 Å². The maximum absolute atomic E-state index is 14.1. The summed E-state index contributed by atoms with van der Waals surface area (Å²) in [5.41, 5.74) is 13.4. The Morgan fingerprint density at radius 3 is 2.12 bits per heavy atom. The van der Waals surface area contributed by atoms with E-state index in [1.54, 1.807) is 21.6 Å². The normalized spacial score (nSPS) is 13.1. The number of hydrogen-bond donors (Lipinski definition) is 2. The molecular formula is C41H43N3O3S2. The van der Waals surface area contributed by atoms with Crippen molar-refractivity contribution in [2.24, 2.45) is 5.73 Å². The lowest BCUT2D eigenvalue weighted by molar-refractivity contribution is -0.134. The van der Waals surface area contributed by atoms with Gasteiger partial charge in [0.2, 0.25) is 5.91 Å². The number of benzene rings is 5. The highest BCUT2D eigenvalue weighted by Gasteiger charge is 2.29. The Hall–Kier alpha value is -4.24. The molecule has 0 spiro atoms. The van der Waals surface area contributed by atoms with Gasteiger partial charge in [-0.25, -0.2) is 4.79 Å². The predicted octanol–water partition coefficient (Wildman–Crippen LogP) is 9.16. The molecule has 6 nitrogen and oxygen atoms in total. The Labute approximate surface area is 297 Å². The molecule has 0 saturated carbocycles. The number of alkyl carbamates (subject to hydrolysis) is 1. The summed E-state index contributed by atoms with van der Waals surface area (Å²) in [6.07, 6.45) is -0.234. The molecule has 0 bridgehead atoms. The molecule has 0 heterocycles. The van der Waals surface area contributed by atoms with E-state index in [0.717, 1.165) is 37.9 Å². The molecule has 1 atom stereocenters. The molecule has 1 aliphatic carbocycles. The highest BCUT2D eigenvalue weighted by Crippen LogP contribution is 2.45. The van der Waals surface area contributed by atoms with Crippen molar-refractivity contribution in [3.8, 4) is 11.1 Å². The van der Waals surface area contributed by atoms with Crippen LogP contribution in [0.2, 0.25) is 0 Å². The van der Waals surface area contributed by atoms with Crippen LogP contribution in [-0.4, -0.2) is 40.8 Å². The number of nitrogens with zero attached hydrogens (tertiary/aromatic N) is 1. The first-order valence-electron chi connectivity index (χ1n) is 16.7. The second-order valence-corrected chi connectivity index (χ2v) is 16.4. The van der Waals surface area contributed by atoms with Crippen LogP contribution in [-0.2, 0) is 22.6 Å². The van der Waals surface area contributed by atoms with Gasteiger partial charge in [-0.05, 0) is 56.6 Å². The van der Waals surface area contributed by atoms with Crippen LogP contribution < -0.4 is 11.1 Å². The molecule has 0 fully saturated rings. The molecule has 0 aliphatic heterocycles. The monoisotopic (exact) mass is 689 g/mol. The maximum atomic E-state index is 14.1. The lowest BCUT2D eigenvalue weighted by Gasteiger charge is -2.28. The van der Waals surface area contributed by atoms with Gasteiger partial charge in [0, 0.05) is 35.2 Å². The number of hydrogen-bond acceptors (Lipinski definition) is 6. The SMILES string of the molecule is CC(C)(C)SSc1ccccc1CN(Cc1cccc2ccccc12)C(=O)[C@H](N)CCNC(=O)OCC1c2ccccc2-c2ccccc21. The molecule has 6 rings (SSSR count). The first-order chi connectivity index (χ1) is 23.7. The molecule has 5 aromatic rings. The fourth-order valence-electron chi connectivity index (χ4n) is 6.28. The number of carbonyl (C=O) groups is 2. The first-order valence-corrected chi connectivity index (χ1v) is 18.9. The predicted molar refractivity (Wildman–Crippen MR) is 204 cm³/mol. The van der Waals surface area contributed by atoms with E-state index in [-0.39, 0.29) is 36.1 Å². The second kappa shape index (κ2) is 15.5. The van der Waals surface area contributed by atoms with E-state index >= 15 is 0 Å². The third-order valence-corrected chi connectivity index (χ3v) is 12.1. The second-order valence-electron chi connectivity index (χ2n) is 13.4. The molecule has 0 aromatic heterocycles. The van der Waals surface area contributed by atoms with Crippen LogP contribution in [0.15, 0.2) is 120 Å². The van der Waals surface area contributed by atoms with Gasteiger partial charge in [-0.2, -0.15) is 0 Å². The maximum Gasteiger partial charge on any atom is 0.407 e. The van der Waals surface area contributed by atoms with Crippen molar-refractivity contribution < 1.29 is 14.3 Å². The third-order valence-electron chi connectivity index (χ3n) is 8.65. The Morgan fingerprint density at radius 2 is 1.39 bits per heavy atom. The van der Waals surface area contributed by atoms with Gasteiger partial charge < -0.3 is 20.7 Å². The minimum absolute atomic E-state index is 0.0209. The van der Waals surface area contributed by atoms with Crippen LogP contribution in [0.1, 0.15) is 55.4 Å². The Morgan fingerprint density at radius 1 is 0.796 bits per heavy atom.